The first-order valence-electron chi connectivity index (χ1n) is 5.91. The highest BCUT2D eigenvalue weighted by atomic mass is 16.5. The van der Waals surface area contributed by atoms with Crippen LogP contribution in [0, 0.1) is 0 Å². The van der Waals surface area contributed by atoms with Crippen molar-refractivity contribution >= 4 is 11.7 Å². The Morgan fingerprint density at radius 1 is 1.65 bits per heavy atom. The smallest absolute Gasteiger partial charge is 0.251 e. The normalized spacial score (nSPS) is 23.2. The number of hydrogen-bond acceptors (Lipinski definition) is 4. The van der Waals surface area contributed by atoms with Gasteiger partial charge in [-0.3, -0.25) is 4.79 Å². The van der Waals surface area contributed by atoms with Crippen molar-refractivity contribution in [2.75, 3.05) is 13.7 Å². The molecule has 98 valence electrons. The second kappa shape index (κ2) is 6.44. The molecule has 0 bridgehead atoms. The Labute approximate surface area is 101 Å². The third-order valence-electron chi connectivity index (χ3n) is 3.10. The molecule has 0 aromatic rings. The lowest BCUT2D eigenvalue weighted by Crippen LogP contribution is -2.45. The fourth-order valence-corrected chi connectivity index (χ4v) is 1.86. The Bertz CT molecular complexity index is 288. The second-order valence-corrected chi connectivity index (χ2v) is 4.45. The van der Waals surface area contributed by atoms with Gasteiger partial charge in [0.1, 0.15) is 11.9 Å². The molecule has 0 spiro atoms. The lowest BCUT2D eigenvalue weighted by atomic mass is 10.1. The minimum absolute atomic E-state index is 0.0251. The Hall–Kier alpha value is -1.30. The highest BCUT2D eigenvalue weighted by Gasteiger charge is 2.27. The highest BCUT2D eigenvalue weighted by molar-refractivity contribution is 5.83. The molecule has 1 amide bonds. The Morgan fingerprint density at radius 2 is 2.35 bits per heavy atom. The molecule has 6 heteroatoms. The van der Waals surface area contributed by atoms with Crippen LogP contribution in [0.4, 0.5) is 0 Å². The molecule has 0 aromatic carbocycles. The van der Waals surface area contributed by atoms with Gasteiger partial charge >= 0.3 is 0 Å². The molecule has 0 aromatic heterocycles. The van der Waals surface area contributed by atoms with Crippen LogP contribution in [0.3, 0.4) is 0 Å². The van der Waals surface area contributed by atoms with Crippen molar-refractivity contribution in [1.82, 2.24) is 4.90 Å². The van der Waals surface area contributed by atoms with E-state index in [1.54, 1.807) is 11.9 Å². The molecule has 17 heavy (non-hydrogen) atoms. The van der Waals surface area contributed by atoms with Crippen LogP contribution in [0.15, 0.2) is 5.16 Å². The molecule has 3 N–H and O–H groups in total. The van der Waals surface area contributed by atoms with E-state index in [0.29, 0.717) is 13.0 Å². The maximum Gasteiger partial charge on any atom is 0.251 e. The van der Waals surface area contributed by atoms with Gasteiger partial charge in [-0.15, -0.1) is 0 Å². The quantitative estimate of drug-likeness (QED) is 0.326. The average Bonchev–Trinajstić information content (AvgIpc) is 2.37. The molecule has 0 radical (unpaired) electrons. The molecule has 1 saturated heterocycles. The van der Waals surface area contributed by atoms with Crippen LogP contribution in [0.1, 0.15) is 32.6 Å². The van der Waals surface area contributed by atoms with Gasteiger partial charge in [-0.05, 0) is 26.2 Å². The van der Waals surface area contributed by atoms with Gasteiger partial charge in [0, 0.05) is 26.1 Å². The zero-order valence-corrected chi connectivity index (χ0v) is 10.4. The van der Waals surface area contributed by atoms with Gasteiger partial charge in [-0.2, -0.15) is 0 Å². The molecule has 1 aliphatic rings. The monoisotopic (exact) mass is 243 g/mol. The van der Waals surface area contributed by atoms with Gasteiger partial charge in [0.25, 0.3) is 5.91 Å². The van der Waals surface area contributed by atoms with Crippen LogP contribution in [-0.4, -0.2) is 47.7 Å². The van der Waals surface area contributed by atoms with Crippen LogP contribution in [0.25, 0.3) is 0 Å². The molecule has 2 unspecified atom stereocenters. The first kappa shape index (κ1) is 13.8. The van der Waals surface area contributed by atoms with Gasteiger partial charge in [-0.25, -0.2) is 0 Å². The predicted molar refractivity (Wildman–Crippen MR) is 63.8 cm³/mol. The van der Waals surface area contributed by atoms with Crippen LogP contribution < -0.4 is 5.73 Å². The van der Waals surface area contributed by atoms with Gasteiger partial charge < -0.3 is 20.6 Å². The van der Waals surface area contributed by atoms with Crippen LogP contribution in [0.5, 0.6) is 0 Å². The summed E-state index contributed by atoms with van der Waals surface area (Å²) in [4.78, 5) is 13.7. The Kier molecular flexibility index (Phi) is 5.21. The van der Waals surface area contributed by atoms with Crippen LogP contribution in [-0.2, 0) is 9.53 Å². The van der Waals surface area contributed by atoms with E-state index in [1.165, 1.54) is 0 Å². The van der Waals surface area contributed by atoms with E-state index in [2.05, 4.69) is 5.16 Å². The average molecular weight is 243 g/mol. The van der Waals surface area contributed by atoms with E-state index in [0.717, 1.165) is 19.3 Å². The molecular formula is C11H21N3O3. The van der Waals surface area contributed by atoms with Crippen LogP contribution in [0.2, 0.25) is 0 Å². The van der Waals surface area contributed by atoms with Gasteiger partial charge in [0.15, 0.2) is 0 Å². The summed E-state index contributed by atoms with van der Waals surface area (Å²) in [6.45, 7) is 2.51. The summed E-state index contributed by atoms with van der Waals surface area (Å²) in [6.07, 6.45) is 2.85. The molecule has 1 fully saturated rings. The summed E-state index contributed by atoms with van der Waals surface area (Å²) >= 11 is 0. The zero-order chi connectivity index (χ0) is 12.8. The summed E-state index contributed by atoms with van der Waals surface area (Å²) in [5, 5.41) is 11.4. The standard InChI is InChI=1S/C11H21N3O3/c1-8(7-10(12)13-16)14(2)11(15)9-5-3-4-6-17-9/h8-9,16H,3-7H2,1-2H3,(H2,12,13). The lowest BCUT2D eigenvalue weighted by Gasteiger charge is -2.30. The molecular weight excluding hydrogens is 222 g/mol. The number of likely N-dealkylation sites (N-methyl/N-ethyl adjacent to an activating group) is 1. The fraction of sp³-hybridized carbons (Fsp3) is 0.818. The number of rotatable bonds is 4. The van der Waals surface area contributed by atoms with E-state index >= 15 is 0 Å². The number of nitrogens with zero attached hydrogens (tertiary/aromatic N) is 2. The lowest BCUT2D eigenvalue weighted by molar-refractivity contribution is -0.146. The van der Waals surface area contributed by atoms with Crippen molar-refractivity contribution < 1.29 is 14.7 Å². The van der Waals surface area contributed by atoms with Crippen molar-refractivity contribution in [3.63, 3.8) is 0 Å². The SMILES string of the molecule is CC(CC(N)=NO)N(C)C(=O)C1CCCCO1. The zero-order valence-electron chi connectivity index (χ0n) is 10.4. The van der Waals surface area contributed by atoms with E-state index in [4.69, 9.17) is 15.7 Å². The molecule has 0 saturated carbocycles. The van der Waals surface area contributed by atoms with Gasteiger partial charge in [0.05, 0.1) is 0 Å². The second-order valence-electron chi connectivity index (χ2n) is 4.45. The van der Waals surface area contributed by atoms with Crippen molar-refractivity contribution in [3.8, 4) is 0 Å². The van der Waals surface area contributed by atoms with Crippen molar-refractivity contribution in [2.45, 2.75) is 44.8 Å². The first-order chi connectivity index (χ1) is 8.06. The number of carbonyl (C=O) groups excluding carboxylic acids is 1. The largest absolute Gasteiger partial charge is 0.409 e. The predicted octanol–water partition coefficient (Wildman–Crippen LogP) is 0.539. The fourth-order valence-electron chi connectivity index (χ4n) is 1.86. The molecule has 1 aliphatic heterocycles. The number of nitrogens with two attached hydrogens (primary N) is 1. The number of amidine groups is 1. The number of hydrogen-bond donors (Lipinski definition) is 2. The third kappa shape index (κ3) is 3.89. The van der Waals surface area contributed by atoms with E-state index < -0.39 is 0 Å². The van der Waals surface area contributed by atoms with E-state index in [-0.39, 0.29) is 23.9 Å². The molecule has 1 rings (SSSR count). The number of carbonyl (C=O) groups is 1. The van der Waals surface area contributed by atoms with Crippen LogP contribution >= 0.6 is 0 Å². The summed E-state index contributed by atoms with van der Waals surface area (Å²) in [5.74, 6) is 0.102. The summed E-state index contributed by atoms with van der Waals surface area (Å²) in [5.41, 5.74) is 5.42. The summed E-state index contributed by atoms with van der Waals surface area (Å²) < 4.78 is 5.44. The maximum atomic E-state index is 12.1. The minimum Gasteiger partial charge on any atom is -0.409 e. The Morgan fingerprint density at radius 3 is 2.88 bits per heavy atom. The Balaban J connectivity index is 2.49. The van der Waals surface area contributed by atoms with Crippen molar-refractivity contribution in [1.29, 1.82) is 0 Å². The number of ether oxygens (including phenoxy) is 1. The van der Waals surface area contributed by atoms with E-state index in [9.17, 15) is 4.79 Å². The molecule has 2 atom stereocenters. The number of oxime groups is 1. The van der Waals surface area contributed by atoms with Gasteiger partial charge in [0.2, 0.25) is 0 Å². The maximum absolute atomic E-state index is 12.1. The number of amides is 1. The summed E-state index contributed by atoms with van der Waals surface area (Å²) in [6, 6.07) is -0.107. The van der Waals surface area contributed by atoms with Crippen molar-refractivity contribution in [2.24, 2.45) is 10.9 Å². The highest BCUT2D eigenvalue weighted by Crippen LogP contribution is 2.16. The van der Waals surface area contributed by atoms with Gasteiger partial charge in [-0.1, -0.05) is 5.16 Å². The molecule has 1 heterocycles. The third-order valence-corrected chi connectivity index (χ3v) is 3.10. The minimum atomic E-state index is -0.330. The molecule has 6 nitrogen and oxygen atoms in total. The van der Waals surface area contributed by atoms with E-state index in [1.807, 2.05) is 6.92 Å². The molecule has 0 aliphatic carbocycles. The topological polar surface area (TPSA) is 88.2 Å². The first-order valence-corrected chi connectivity index (χ1v) is 5.91. The summed E-state index contributed by atoms with van der Waals surface area (Å²) in [7, 11) is 1.72. The van der Waals surface area contributed by atoms with Crippen molar-refractivity contribution in [3.05, 3.63) is 0 Å².